The van der Waals surface area contributed by atoms with Crippen LogP contribution in [0, 0.1) is 15.5 Å². The number of aromatic nitrogens is 4. The maximum atomic E-state index is 12.8. The first-order chi connectivity index (χ1) is 14.1. The first kappa shape index (κ1) is 21.2. The van der Waals surface area contributed by atoms with E-state index in [4.69, 9.17) is 0 Å². The Kier molecular flexibility index (Phi) is 5.95. The fourth-order valence-corrected chi connectivity index (χ4v) is 3.04. The molecular weight excluding hydrogens is 388 g/mol. The van der Waals surface area contributed by atoms with Gasteiger partial charge in [-0.3, -0.25) is 24.3 Å². The number of carbonyl (C=O) groups excluding carboxylic acids is 1. The summed E-state index contributed by atoms with van der Waals surface area (Å²) in [5.41, 5.74) is 0.860. The molecule has 10 heteroatoms. The number of nitro benzene ring substituents is 1. The van der Waals surface area contributed by atoms with E-state index in [1.165, 1.54) is 29.2 Å². The van der Waals surface area contributed by atoms with E-state index < -0.39 is 4.92 Å². The van der Waals surface area contributed by atoms with Crippen LogP contribution in [-0.4, -0.2) is 36.7 Å². The molecule has 0 bridgehead atoms. The molecule has 0 aliphatic heterocycles. The maximum Gasteiger partial charge on any atom is 0.269 e. The van der Waals surface area contributed by atoms with Crippen LogP contribution in [0.5, 0.6) is 0 Å². The number of hydrogen-bond donors (Lipinski definition) is 1. The van der Waals surface area contributed by atoms with Gasteiger partial charge in [-0.1, -0.05) is 32.9 Å². The molecule has 3 rings (SSSR count). The molecule has 0 saturated carbocycles. The van der Waals surface area contributed by atoms with Crippen molar-refractivity contribution in [3.63, 3.8) is 0 Å². The third-order valence-electron chi connectivity index (χ3n) is 4.46. The molecule has 1 amide bonds. The van der Waals surface area contributed by atoms with Gasteiger partial charge in [0.25, 0.3) is 11.2 Å². The normalized spacial score (nSPS) is 11.6. The van der Waals surface area contributed by atoms with Crippen molar-refractivity contribution in [1.29, 1.82) is 0 Å². The average Bonchev–Trinajstić information content (AvgIpc) is 3.07. The quantitative estimate of drug-likeness (QED) is 0.468. The van der Waals surface area contributed by atoms with Crippen molar-refractivity contribution in [3.05, 3.63) is 62.8 Å². The second-order valence-electron chi connectivity index (χ2n) is 8.29. The minimum Gasteiger partial charge on any atom is -0.354 e. The van der Waals surface area contributed by atoms with Crippen LogP contribution >= 0.6 is 0 Å². The lowest BCUT2D eigenvalue weighted by Crippen LogP contribution is -2.30. The van der Waals surface area contributed by atoms with Crippen LogP contribution in [0.4, 0.5) is 5.69 Å². The summed E-state index contributed by atoms with van der Waals surface area (Å²) in [7, 11) is 0. The number of nitro groups is 1. The van der Waals surface area contributed by atoms with Crippen LogP contribution in [0.3, 0.4) is 0 Å². The molecule has 0 unspecified atom stereocenters. The van der Waals surface area contributed by atoms with E-state index in [0.717, 1.165) is 5.56 Å². The fraction of sp³-hybridized carbons (Fsp3) is 0.400. The molecule has 158 valence electrons. The second kappa shape index (κ2) is 8.44. The molecule has 0 saturated heterocycles. The lowest BCUT2D eigenvalue weighted by Gasteiger charge is -2.17. The van der Waals surface area contributed by atoms with Gasteiger partial charge >= 0.3 is 0 Å². The van der Waals surface area contributed by atoms with Gasteiger partial charge in [0.05, 0.1) is 24.2 Å². The van der Waals surface area contributed by atoms with Crippen LogP contribution < -0.4 is 10.9 Å². The number of non-ortho nitro benzene ring substituents is 1. The summed E-state index contributed by atoms with van der Waals surface area (Å²) < 4.78 is 3.02. The average molecular weight is 412 g/mol. The van der Waals surface area contributed by atoms with Gasteiger partial charge in [0.2, 0.25) is 5.91 Å². The zero-order valence-electron chi connectivity index (χ0n) is 17.2. The Hall–Kier alpha value is -3.56. The predicted molar refractivity (Wildman–Crippen MR) is 111 cm³/mol. The topological polar surface area (TPSA) is 125 Å². The van der Waals surface area contributed by atoms with Gasteiger partial charge in [0.15, 0.2) is 5.65 Å². The Bertz CT molecular complexity index is 1120. The van der Waals surface area contributed by atoms with Gasteiger partial charge in [-0.15, -0.1) is 0 Å². The van der Waals surface area contributed by atoms with Crippen molar-refractivity contribution < 1.29 is 9.72 Å². The molecule has 0 aliphatic carbocycles. The van der Waals surface area contributed by atoms with Crippen LogP contribution in [0.1, 0.15) is 32.8 Å². The molecule has 0 radical (unpaired) electrons. The van der Waals surface area contributed by atoms with Crippen molar-refractivity contribution >= 4 is 22.6 Å². The van der Waals surface area contributed by atoms with E-state index >= 15 is 0 Å². The molecule has 2 heterocycles. The molecule has 0 fully saturated rings. The van der Waals surface area contributed by atoms with Gasteiger partial charge < -0.3 is 5.32 Å². The summed E-state index contributed by atoms with van der Waals surface area (Å²) in [5, 5.41) is 18.2. The first-order valence-corrected chi connectivity index (χ1v) is 9.55. The molecule has 1 N–H and O–H groups in total. The first-order valence-electron chi connectivity index (χ1n) is 9.55. The van der Waals surface area contributed by atoms with Crippen molar-refractivity contribution in [2.45, 2.75) is 40.3 Å². The molecule has 10 nitrogen and oxygen atoms in total. The molecule has 2 aromatic heterocycles. The highest BCUT2D eigenvalue weighted by Crippen LogP contribution is 2.17. The zero-order valence-corrected chi connectivity index (χ0v) is 17.2. The molecule has 0 atom stereocenters. The maximum absolute atomic E-state index is 12.8. The van der Waals surface area contributed by atoms with Crippen LogP contribution in [0.2, 0.25) is 0 Å². The van der Waals surface area contributed by atoms with Crippen molar-refractivity contribution in [2.75, 3.05) is 6.54 Å². The number of carbonyl (C=O) groups is 1. The number of nitrogens with one attached hydrogen (secondary N) is 1. The molecule has 1 aromatic carbocycles. The van der Waals surface area contributed by atoms with E-state index in [1.807, 2.05) is 20.8 Å². The van der Waals surface area contributed by atoms with Gasteiger partial charge in [0.1, 0.15) is 11.7 Å². The van der Waals surface area contributed by atoms with Crippen molar-refractivity contribution in [1.82, 2.24) is 24.6 Å². The lowest BCUT2D eigenvalue weighted by molar-refractivity contribution is -0.384. The highest BCUT2D eigenvalue weighted by Gasteiger charge is 2.16. The Morgan fingerprint density at radius 1 is 1.23 bits per heavy atom. The molecule has 0 aliphatic rings. The highest BCUT2D eigenvalue weighted by atomic mass is 16.6. The predicted octanol–water partition coefficient (Wildman–Crippen LogP) is 2.10. The van der Waals surface area contributed by atoms with Crippen molar-refractivity contribution in [3.8, 4) is 0 Å². The highest BCUT2D eigenvalue weighted by molar-refractivity contribution is 5.76. The standard InChI is InChI=1S/C20H24N6O4/c1-20(2,3)10-17(27)21-8-9-25-18-16(11-23-25)19(28)24(13-22-18)12-14-4-6-15(7-5-14)26(29)30/h4-7,11,13H,8-10,12H2,1-3H3,(H,21,27). The van der Waals surface area contributed by atoms with E-state index in [1.54, 1.807) is 16.8 Å². The number of nitrogens with zero attached hydrogens (tertiary/aromatic N) is 5. The Morgan fingerprint density at radius 3 is 2.57 bits per heavy atom. The summed E-state index contributed by atoms with van der Waals surface area (Å²) in [6.07, 6.45) is 3.33. The van der Waals surface area contributed by atoms with Gasteiger partial charge in [-0.05, 0) is 11.0 Å². The minimum absolute atomic E-state index is 0.00413. The van der Waals surface area contributed by atoms with Crippen molar-refractivity contribution in [2.24, 2.45) is 5.41 Å². The van der Waals surface area contributed by atoms with Gasteiger partial charge in [-0.25, -0.2) is 9.67 Å². The number of hydrogen-bond acceptors (Lipinski definition) is 6. The van der Waals surface area contributed by atoms with Crippen LogP contribution in [0.25, 0.3) is 11.0 Å². The van der Waals surface area contributed by atoms with Gasteiger partial charge in [0, 0.05) is 25.1 Å². The Morgan fingerprint density at radius 2 is 1.93 bits per heavy atom. The largest absolute Gasteiger partial charge is 0.354 e. The molecule has 0 spiro atoms. The SMILES string of the molecule is CC(C)(C)CC(=O)NCCn1ncc2c(=O)n(Cc3ccc([N+](=O)[O-])cc3)cnc21. The third-order valence-corrected chi connectivity index (χ3v) is 4.46. The molecular formula is C20H24N6O4. The second-order valence-corrected chi connectivity index (χ2v) is 8.29. The third kappa shape index (κ3) is 5.07. The van der Waals surface area contributed by atoms with E-state index in [0.29, 0.717) is 30.5 Å². The lowest BCUT2D eigenvalue weighted by atomic mass is 9.92. The smallest absolute Gasteiger partial charge is 0.269 e. The summed E-state index contributed by atoms with van der Waals surface area (Å²) in [5.74, 6) is -0.0302. The zero-order chi connectivity index (χ0) is 21.9. The Balaban J connectivity index is 1.69. The van der Waals surface area contributed by atoms with E-state index in [2.05, 4.69) is 15.4 Å². The number of rotatable bonds is 7. The van der Waals surface area contributed by atoms with Gasteiger partial charge in [-0.2, -0.15) is 5.10 Å². The van der Waals surface area contributed by atoms with Crippen LogP contribution in [-0.2, 0) is 17.9 Å². The number of fused-ring (bicyclic) bond motifs is 1. The molecule has 3 aromatic rings. The Labute approximate surface area is 172 Å². The summed E-state index contributed by atoms with van der Waals surface area (Å²) in [6, 6.07) is 6.02. The summed E-state index contributed by atoms with van der Waals surface area (Å²) >= 11 is 0. The number of benzene rings is 1. The van der Waals surface area contributed by atoms with E-state index in [-0.39, 0.29) is 29.1 Å². The van der Waals surface area contributed by atoms with Crippen LogP contribution in [0.15, 0.2) is 41.6 Å². The summed E-state index contributed by atoms with van der Waals surface area (Å²) in [4.78, 5) is 39.3. The molecule has 30 heavy (non-hydrogen) atoms. The monoisotopic (exact) mass is 412 g/mol. The minimum atomic E-state index is -0.469. The fourth-order valence-electron chi connectivity index (χ4n) is 3.04. The summed E-state index contributed by atoms with van der Waals surface area (Å²) in [6.45, 7) is 7.03. The number of amides is 1. The van der Waals surface area contributed by atoms with E-state index in [9.17, 15) is 19.7 Å².